The smallest absolute Gasteiger partial charge is 0.872 e. The molecule has 1 aliphatic rings. The van der Waals surface area contributed by atoms with Crippen molar-refractivity contribution in [2.45, 2.75) is 209 Å². The fourth-order valence-electron chi connectivity index (χ4n) is 7.26. The summed E-state index contributed by atoms with van der Waals surface area (Å²) in [7, 11) is 0. The summed E-state index contributed by atoms with van der Waals surface area (Å²) in [5.74, 6) is 0.824. The average molecular weight is 1380 g/mol. The maximum atomic E-state index is 12.3. The van der Waals surface area contributed by atoms with Gasteiger partial charge in [-0.15, -0.1) is 23.0 Å². The molecule has 4 aromatic rings. The summed E-state index contributed by atoms with van der Waals surface area (Å²) in [4.78, 5) is 0. The van der Waals surface area contributed by atoms with E-state index in [-0.39, 0.29) is 129 Å². The number of allylic oxidation sites excluding steroid dienone is 4. The van der Waals surface area contributed by atoms with Crippen molar-refractivity contribution in [3.8, 4) is 23.0 Å². The van der Waals surface area contributed by atoms with Crippen LogP contribution in [-0.2, 0) is 43.3 Å². The molecule has 370 valence electrons. The van der Waals surface area contributed by atoms with Crippen LogP contribution in [0.15, 0.2) is 97.1 Å². The van der Waals surface area contributed by atoms with E-state index in [1.165, 1.54) is 0 Å². The third-order valence-corrected chi connectivity index (χ3v) is 11.2. The zero-order chi connectivity index (χ0) is 51.7. The zero-order valence-corrected chi connectivity index (χ0v) is 55.4. The Morgan fingerprint density at radius 1 is 0.235 bits per heavy atom. The standard InChI is InChI=1S/4C14H22O.C6H6.2U/c4*1-13(2,3)10-8-7-9-11(12(10)15)14(4,5)6;1-2-4-6-5-3-1;;/h4*7-9,15H,1-6H3;1-6H;;/q;;;;-2;2*+3/p-4. The first-order valence-electron chi connectivity index (χ1n) is 23.8. The molecule has 0 unspecified atom stereocenters. The molecular weight excluding hydrogens is 1280 g/mol. The van der Waals surface area contributed by atoms with Crippen molar-refractivity contribution in [2.75, 3.05) is 0 Å². The predicted molar refractivity (Wildman–Crippen MR) is 280 cm³/mol. The molecule has 0 spiro atoms. The van der Waals surface area contributed by atoms with Crippen LogP contribution in [0, 0.1) is 75.1 Å². The van der Waals surface area contributed by atoms with Crippen LogP contribution in [0.4, 0.5) is 0 Å². The fourth-order valence-corrected chi connectivity index (χ4v) is 7.26. The average Bonchev–Trinajstić information content (AvgIpc) is 3.13. The Bertz CT molecular complexity index is 1760. The third-order valence-electron chi connectivity index (χ3n) is 11.2. The van der Waals surface area contributed by atoms with Gasteiger partial charge in [-0.25, -0.2) is 0 Å². The van der Waals surface area contributed by atoms with Crippen LogP contribution in [0.3, 0.4) is 0 Å². The van der Waals surface area contributed by atoms with Crippen molar-refractivity contribution in [2.24, 2.45) is 0 Å². The van der Waals surface area contributed by atoms with Crippen LogP contribution >= 0.6 is 0 Å². The minimum atomic E-state index is -0.0711. The summed E-state index contributed by atoms with van der Waals surface area (Å²) in [6, 6.07) is 23.5. The van der Waals surface area contributed by atoms with Crippen molar-refractivity contribution in [3.63, 3.8) is 0 Å². The Morgan fingerprint density at radius 2 is 0.338 bits per heavy atom. The van der Waals surface area contributed by atoms with Gasteiger partial charge in [0.25, 0.3) is 0 Å². The molecule has 0 N–H and O–H groups in total. The van der Waals surface area contributed by atoms with E-state index in [1.54, 1.807) is 0 Å². The minimum Gasteiger partial charge on any atom is -0.872 e. The summed E-state index contributed by atoms with van der Waals surface area (Å²) < 4.78 is 0. The van der Waals surface area contributed by atoms with Gasteiger partial charge in [0.1, 0.15) is 0 Å². The number of rotatable bonds is 0. The molecule has 1 aliphatic carbocycles. The number of para-hydroxylation sites is 4. The molecule has 0 amide bonds. The van der Waals surface area contributed by atoms with Crippen molar-refractivity contribution >= 4 is 0 Å². The van der Waals surface area contributed by atoms with Gasteiger partial charge in [0, 0.05) is 0 Å². The molecule has 0 fully saturated rings. The third kappa shape index (κ3) is 21.4. The van der Waals surface area contributed by atoms with E-state index in [0.29, 0.717) is 0 Å². The summed E-state index contributed by atoms with van der Waals surface area (Å²) in [5.41, 5.74) is 6.73. The van der Waals surface area contributed by atoms with Gasteiger partial charge in [0.05, 0.1) is 0 Å². The summed E-state index contributed by atoms with van der Waals surface area (Å²) >= 11 is 0. The van der Waals surface area contributed by atoms with E-state index >= 15 is 0 Å². The maximum absolute atomic E-state index is 12.3. The molecule has 0 bridgehead atoms. The molecule has 68 heavy (non-hydrogen) atoms. The van der Waals surface area contributed by atoms with Crippen LogP contribution < -0.4 is 20.4 Å². The molecule has 0 saturated heterocycles. The van der Waals surface area contributed by atoms with E-state index in [2.05, 4.69) is 166 Å². The molecule has 6 heteroatoms. The second-order valence-corrected chi connectivity index (χ2v) is 25.9. The van der Waals surface area contributed by atoms with Crippen molar-refractivity contribution in [1.29, 1.82) is 0 Å². The maximum Gasteiger partial charge on any atom is 3.00 e. The van der Waals surface area contributed by atoms with Gasteiger partial charge in [-0.1, -0.05) is 283 Å². The Labute approximate surface area is 465 Å². The van der Waals surface area contributed by atoms with E-state index in [4.69, 9.17) is 0 Å². The molecule has 0 atom stereocenters. The normalized spacial score (nSPS) is 12.8. The largest absolute Gasteiger partial charge is 3.00 e. The quantitative estimate of drug-likeness (QED) is 0.164. The number of hydrogen-bond acceptors (Lipinski definition) is 4. The fraction of sp³-hybridized carbons (Fsp3) is 0.516. The molecule has 0 saturated carbocycles. The zero-order valence-electron chi connectivity index (χ0n) is 47.0. The summed E-state index contributed by atoms with van der Waals surface area (Å²) in [6.45, 7) is 49.9. The second-order valence-electron chi connectivity index (χ2n) is 25.9. The van der Waals surface area contributed by atoms with E-state index in [9.17, 15) is 20.4 Å². The van der Waals surface area contributed by atoms with Gasteiger partial charge in [0.2, 0.25) is 0 Å². The minimum absolute atomic E-state index is 0. The Morgan fingerprint density at radius 3 is 0.412 bits per heavy atom. The van der Waals surface area contributed by atoms with E-state index < -0.39 is 0 Å². The monoisotopic (exact) mass is 1370 g/mol. The van der Waals surface area contributed by atoms with Crippen LogP contribution in [-0.4, -0.2) is 0 Å². The Balaban J connectivity index is 0. The Kier molecular flexibility index (Phi) is 26.0. The summed E-state index contributed by atoms with van der Waals surface area (Å²) in [6.07, 6.45) is 12.0. The first-order valence-corrected chi connectivity index (χ1v) is 23.8. The van der Waals surface area contributed by atoms with Gasteiger partial charge in [-0.05, 0) is 43.3 Å². The molecule has 0 heterocycles. The Hall–Kier alpha value is -2.60. The van der Waals surface area contributed by atoms with Crippen LogP contribution in [0.2, 0.25) is 0 Å². The van der Waals surface area contributed by atoms with Crippen molar-refractivity contribution in [3.05, 3.63) is 154 Å². The molecular formula is C62H90O4U2. The second kappa shape index (κ2) is 26.2. The van der Waals surface area contributed by atoms with Crippen LogP contribution in [0.1, 0.15) is 211 Å². The topological polar surface area (TPSA) is 92.2 Å². The summed E-state index contributed by atoms with van der Waals surface area (Å²) in [5, 5.41) is 49.0. The molecule has 4 aromatic carbocycles. The van der Waals surface area contributed by atoms with E-state index in [1.807, 2.05) is 110 Å². The predicted octanol–water partition coefficient (Wildman–Crippen LogP) is 14.9. The van der Waals surface area contributed by atoms with Crippen LogP contribution in [0.5, 0.6) is 23.0 Å². The van der Waals surface area contributed by atoms with E-state index in [0.717, 1.165) is 44.5 Å². The first-order chi connectivity index (χ1) is 29.6. The first kappa shape index (κ1) is 67.5. The van der Waals surface area contributed by atoms with Crippen molar-refractivity contribution in [1.82, 2.24) is 0 Å². The molecule has 2 radical (unpaired) electrons. The molecule has 4 nitrogen and oxygen atoms in total. The van der Waals surface area contributed by atoms with Gasteiger partial charge >= 0.3 is 62.2 Å². The van der Waals surface area contributed by atoms with Gasteiger partial charge < -0.3 is 20.4 Å². The molecule has 0 aromatic heterocycles. The van der Waals surface area contributed by atoms with Gasteiger partial charge in [0.15, 0.2) is 0 Å². The van der Waals surface area contributed by atoms with Crippen molar-refractivity contribution < 1.29 is 82.7 Å². The van der Waals surface area contributed by atoms with Crippen LogP contribution in [0.25, 0.3) is 0 Å². The number of hydrogen-bond donors (Lipinski definition) is 0. The van der Waals surface area contributed by atoms with Gasteiger partial charge in [-0.3, -0.25) is 37.1 Å². The molecule has 5 rings (SSSR count). The van der Waals surface area contributed by atoms with Gasteiger partial charge in [-0.2, -0.15) is 0 Å². The number of benzene rings is 4. The molecule has 0 aliphatic heterocycles. The SMILES string of the molecule is C1=C[CH-]C=C[CH-]1.CC(C)(C)c1cccc(C(C)(C)C)c1[O-].CC(C)(C)c1cccc(C(C)(C)C)c1[O-].CC(C)(C)c1cccc(C(C)(C)C)c1[O-].CC(C)(C)c1cccc(C(C)(C)C)c1[O-].[U+3].[U+3].